The molecule has 0 heteroatoms. The van der Waals surface area contributed by atoms with Crippen molar-refractivity contribution in [3.8, 4) is 0 Å². The zero-order valence-corrected chi connectivity index (χ0v) is 20.2. The van der Waals surface area contributed by atoms with E-state index in [1.165, 1.54) is 121 Å². The monoisotopic (exact) mass is 408 g/mol. The van der Waals surface area contributed by atoms with Crippen molar-refractivity contribution in [1.29, 1.82) is 0 Å². The van der Waals surface area contributed by atoms with Gasteiger partial charge in [-0.3, -0.25) is 0 Å². The minimum Gasteiger partial charge on any atom is -0.0853 e. The Hall–Kier alpha value is -1.04. The highest BCUT2D eigenvalue weighted by molar-refractivity contribution is 5.27. The van der Waals surface area contributed by atoms with Crippen LogP contribution in [0.2, 0.25) is 0 Å². The van der Waals surface area contributed by atoms with Gasteiger partial charge in [0.15, 0.2) is 0 Å². The lowest BCUT2D eigenvalue weighted by atomic mass is 9.67. The van der Waals surface area contributed by atoms with Gasteiger partial charge in [0, 0.05) is 0 Å². The normalized spacial score (nSPS) is 20.0. The summed E-state index contributed by atoms with van der Waals surface area (Å²) < 4.78 is 0. The van der Waals surface area contributed by atoms with Crippen molar-refractivity contribution < 1.29 is 0 Å². The Morgan fingerprint density at radius 1 is 0.833 bits per heavy atom. The van der Waals surface area contributed by atoms with Crippen LogP contribution in [0.5, 0.6) is 0 Å². The van der Waals surface area contributed by atoms with Crippen LogP contribution in [0.4, 0.5) is 0 Å². The Bertz CT molecular complexity index is 608. The molecule has 0 saturated heterocycles. The number of hydrogen-bond acceptors (Lipinski definition) is 0. The molecule has 1 unspecified atom stereocenters. The maximum Gasteiger partial charge on any atom is -0.0125 e. The van der Waals surface area contributed by atoms with E-state index in [2.05, 4.69) is 44.2 Å². The van der Waals surface area contributed by atoms with Crippen LogP contribution in [0.15, 0.2) is 35.9 Å². The van der Waals surface area contributed by atoms with Crippen molar-refractivity contribution in [2.24, 2.45) is 5.41 Å². The molecule has 2 aliphatic rings. The van der Waals surface area contributed by atoms with Crippen LogP contribution in [0.1, 0.15) is 140 Å². The lowest BCUT2D eigenvalue weighted by Crippen LogP contribution is -2.25. The van der Waals surface area contributed by atoms with Gasteiger partial charge in [-0.25, -0.2) is 0 Å². The van der Waals surface area contributed by atoms with E-state index in [0.717, 1.165) is 5.92 Å². The minimum absolute atomic E-state index is 0.659. The molecule has 1 fully saturated rings. The smallest absolute Gasteiger partial charge is 0.0125 e. The summed E-state index contributed by atoms with van der Waals surface area (Å²) in [6, 6.07) is 9.86. The van der Waals surface area contributed by atoms with Gasteiger partial charge in [0.2, 0.25) is 0 Å². The van der Waals surface area contributed by atoms with Gasteiger partial charge >= 0.3 is 0 Å². The molecule has 1 aromatic rings. The summed E-state index contributed by atoms with van der Waals surface area (Å²) >= 11 is 0. The Kier molecular flexibility index (Phi) is 10.0. The lowest BCUT2D eigenvalue weighted by Gasteiger charge is -2.39. The fourth-order valence-corrected chi connectivity index (χ4v) is 6.27. The quantitative estimate of drug-likeness (QED) is 0.238. The minimum atomic E-state index is 0.659. The fourth-order valence-electron chi connectivity index (χ4n) is 6.27. The Labute approximate surface area is 187 Å². The third-order valence-electron chi connectivity index (χ3n) is 8.13. The lowest BCUT2D eigenvalue weighted by molar-refractivity contribution is 0.148. The molecule has 1 aromatic carbocycles. The van der Waals surface area contributed by atoms with Crippen LogP contribution in [0, 0.1) is 5.41 Å². The topological polar surface area (TPSA) is 0 Å². The molecule has 3 rings (SSSR count). The molecule has 168 valence electrons. The van der Waals surface area contributed by atoms with E-state index < -0.39 is 0 Å². The molecule has 0 radical (unpaired) electrons. The van der Waals surface area contributed by atoms with Crippen LogP contribution in [0.25, 0.3) is 0 Å². The second-order valence-electron chi connectivity index (χ2n) is 10.6. The number of benzene rings is 1. The molecule has 0 heterocycles. The summed E-state index contributed by atoms with van der Waals surface area (Å²) in [5, 5.41) is 0. The van der Waals surface area contributed by atoms with Gasteiger partial charge in [-0.15, -0.1) is 0 Å². The van der Waals surface area contributed by atoms with Gasteiger partial charge in [0.25, 0.3) is 0 Å². The van der Waals surface area contributed by atoms with Crippen LogP contribution < -0.4 is 0 Å². The molecule has 0 aromatic heterocycles. The molecule has 0 spiro atoms. The van der Waals surface area contributed by atoms with Crippen LogP contribution in [-0.2, 0) is 6.42 Å². The second kappa shape index (κ2) is 12.7. The van der Waals surface area contributed by atoms with Crippen LogP contribution in [-0.4, -0.2) is 0 Å². The van der Waals surface area contributed by atoms with E-state index in [-0.39, 0.29) is 0 Å². The number of unbranched alkanes of at least 4 members (excludes halogenated alkanes) is 2. The predicted molar refractivity (Wildman–Crippen MR) is 133 cm³/mol. The third-order valence-corrected chi connectivity index (χ3v) is 8.13. The molecule has 0 nitrogen and oxygen atoms in total. The van der Waals surface area contributed by atoms with Crippen molar-refractivity contribution in [2.45, 2.75) is 135 Å². The molecular formula is C30H48. The molecule has 0 amide bonds. The number of rotatable bonds is 12. The van der Waals surface area contributed by atoms with Gasteiger partial charge in [0.05, 0.1) is 0 Å². The molecule has 0 bridgehead atoms. The number of allylic oxidation sites excluding steroid dienone is 2. The Morgan fingerprint density at radius 2 is 1.63 bits per heavy atom. The average Bonchev–Trinajstić information content (AvgIpc) is 2.79. The molecule has 1 saturated carbocycles. The molecule has 0 aliphatic heterocycles. The van der Waals surface area contributed by atoms with Crippen molar-refractivity contribution >= 4 is 0 Å². The average molecular weight is 409 g/mol. The number of hydrogen-bond donors (Lipinski definition) is 0. The zero-order chi connectivity index (χ0) is 21.1. The van der Waals surface area contributed by atoms with Crippen LogP contribution >= 0.6 is 0 Å². The first-order valence-electron chi connectivity index (χ1n) is 13.5. The third kappa shape index (κ3) is 7.28. The summed E-state index contributed by atoms with van der Waals surface area (Å²) in [7, 11) is 0. The van der Waals surface area contributed by atoms with E-state index >= 15 is 0 Å². The van der Waals surface area contributed by atoms with Crippen molar-refractivity contribution in [3.05, 3.63) is 47.0 Å². The van der Waals surface area contributed by atoms with Gasteiger partial charge in [-0.05, 0) is 99.5 Å². The Morgan fingerprint density at radius 3 is 2.30 bits per heavy atom. The summed E-state index contributed by atoms with van der Waals surface area (Å²) in [5.41, 5.74) is 5.57. The van der Waals surface area contributed by atoms with Gasteiger partial charge in [-0.1, -0.05) is 88.3 Å². The standard InChI is InChI=1S/C30H48/c1-3-5-8-13-26-16-18-28(19-17-26)29(25-27-14-9-6-10-15-27)20-24-30(21-4-2)22-11-7-12-23-30/h14,16-19,29H,3-13,15,20-25H2,1-2H3. The highest BCUT2D eigenvalue weighted by Crippen LogP contribution is 2.46. The molecular weight excluding hydrogens is 360 g/mol. The summed E-state index contributed by atoms with van der Waals surface area (Å²) in [4.78, 5) is 0. The van der Waals surface area contributed by atoms with Crippen LogP contribution in [0.3, 0.4) is 0 Å². The van der Waals surface area contributed by atoms with E-state index in [9.17, 15) is 0 Å². The van der Waals surface area contributed by atoms with Gasteiger partial charge in [0.1, 0.15) is 0 Å². The van der Waals surface area contributed by atoms with Crippen molar-refractivity contribution in [3.63, 3.8) is 0 Å². The highest BCUT2D eigenvalue weighted by Gasteiger charge is 2.31. The highest BCUT2D eigenvalue weighted by atomic mass is 14.4. The number of aryl methyl sites for hydroxylation is 1. The molecule has 1 atom stereocenters. The molecule has 30 heavy (non-hydrogen) atoms. The van der Waals surface area contributed by atoms with Crippen molar-refractivity contribution in [1.82, 2.24) is 0 Å². The maximum atomic E-state index is 2.58. The fraction of sp³-hybridized carbons (Fsp3) is 0.733. The summed E-state index contributed by atoms with van der Waals surface area (Å²) in [6.07, 6.45) is 27.7. The second-order valence-corrected chi connectivity index (χ2v) is 10.6. The summed E-state index contributed by atoms with van der Waals surface area (Å²) in [6.45, 7) is 4.70. The summed E-state index contributed by atoms with van der Waals surface area (Å²) in [5.74, 6) is 0.731. The van der Waals surface area contributed by atoms with Gasteiger partial charge in [-0.2, -0.15) is 0 Å². The van der Waals surface area contributed by atoms with Gasteiger partial charge < -0.3 is 0 Å². The largest absolute Gasteiger partial charge is 0.0853 e. The van der Waals surface area contributed by atoms with E-state index in [0.29, 0.717) is 5.41 Å². The van der Waals surface area contributed by atoms with E-state index in [1.807, 2.05) is 0 Å². The molecule has 0 N–H and O–H groups in total. The maximum absolute atomic E-state index is 2.58. The van der Waals surface area contributed by atoms with Crippen molar-refractivity contribution in [2.75, 3.05) is 0 Å². The zero-order valence-electron chi connectivity index (χ0n) is 20.2. The predicted octanol–water partition coefficient (Wildman–Crippen LogP) is 9.92. The molecule has 2 aliphatic carbocycles. The first-order valence-corrected chi connectivity index (χ1v) is 13.5. The Balaban J connectivity index is 1.68. The van der Waals surface area contributed by atoms with E-state index in [4.69, 9.17) is 0 Å². The SMILES string of the molecule is CCCCCc1ccc(C(CCC2(CCC)CCCCC2)CC2=CCCCC2)cc1. The van der Waals surface area contributed by atoms with E-state index in [1.54, 1.807) is 11.1 Å². The first-order chi connectivity index (χ1) is 14.7. The first kappa shape index (κ1) is 23.6.